The molecule has 1 saturated carbocycles. The van der Waals surface area contributed by atoms with Crippen LogP contribution in [0.2, 0.25) is 0 Å². The number of nitrogens with one attached hydrogen (secondary N) is 1. The summed E-state index contributed by atoms with van der Waals surface area (Å²) in [6, 6.07) is 9.00. The van der Waals surface area contributed by atoms with E-state index in [4.69, 9.17) is 4.98 Å². The smallest absolute Gasteiger partial charge is 0.151 e. The molecule has 0 aliphatic heterocycles. The number of anilines is 2. The first kappa shape index (κ1) is 13.1. The van der Waals surface area contributed by atoms with E-state index in [-0.39, 0.29) is 0 Å². The number of benzene rings is 1. The Kier molecular flexibility index (Phi) is 3.65. The second-order valence-corrected chi connectivity index (χ2v) is 5.37. The van der Waals surface area contributed by atoms with Crippen molar-refractivity contribution in [2.45, 2.75) is 32.4 Å². The predicted molar refractivity (Wildman–Crippen MR) is 81.1 cm³/mol. The minimum absolute atomic E-state index is 0.689. The molecule has 0 saturated heterocycles. The molecule has 0 amide bonds. The normalized spacial score (nSPS) is 14.3. The fourth-order valence-corrected chi connectivity index (χ4v) is 2.24. The third-order valence-corrected chi connectivity index (χ3v) is 3.64. The first-order valence-corrected chi connectivity index (χ1v) is 7.08. The number of rotatable bonds is 5. The van der Waals surface area contributed by atoms with Gasteiger partial charge in [0.2, 0.25) is 0 Å². The van der Waals surface area contributed by atoms with Crippen molar-refractivity contribution < 1.29 is 0 Å². The van der Waals surface area contributed by atoms with Crippen molar-refractivity contribution in [3.63, 3.8) is 0 Å². The Hall–Kier alpha value is -1.94. The molecule has 4 nitrogen and oxygen atoms in total. The van der Waals surface area contributed by atoms with E-state index in [2.05, 4.69) is 34.3 Å². The highest BCUT2D eigenvalue weighted by Crippen LogP contribution is 2.24. The van der Waals surface area contributed by atoms with Gasteiger partial charge in [0.05, 0.1) is 11.9 Å². The summed E-state index contributed by atoms with van der Waals surface area (Å²) in [5.41, 5.74) is 3.39. The van der Waals surface area contributed by atoms with Gasteiger partial charge in [0.25, 0.3) is 0 Å². The second kappa shape index (κ2) is 5.59. The molecule has 1 aromatic carbocycles. The van der Waals surface area contributed by atoms with Gasteiger partial charge in [-0.15, -0.1) is 0 Å². The fraction of sp³-hybridized carbons (Fsp3) is 0.375. The summed E-state index contributed by atoms with van der Waals surface area (Å²) in [7, 11) is 2.03. The SMILES string of the molecule is Cc1ccccc1N(C)c1cncc(CNC2CC2)n1. The highest BCUT2D eigenvalue weighted by atomic mass is 15.2. The van der Waals surface area contributed by atoms with E-state index in [1.807, 2.05) is 31.6 Å². The van der Waals surface area contributed by atoms with E-state index in [0.717, 1.165) is 23.7 Å². The average Bonchev–Trinajstić information content (AvgIpc) is 3.29. The van der Waals surface area contributed by atoms with Gasteiger partial charge >= 0.3 is 0 Å². The first-order valence-electron chi connectivity index (χ1n) is 7.08. The van der Waals surface area contributed by atoms with Gasteiger partial charge in [0.1, 0.15) is 0 Å². The number of aromatic nitrogens is 2. The lowest BCUT2D eigenvalue weighted by Gasteiger charge is -2.20. The molecule has 1 aromatic heterocycles. The minimum atomic E-state index is 0.689. The molecule has 3 rings (SSSR count). The zero-order chi connectivity index (χ0) is 13.9. The summed E-state index contributed by atoms with van der Waals surface area (Å²) in [6.07, 6.45) is 6.23. The maximum Gasteiger partial charge on any atom is 0.151 e. The van der Waals surface area contributed by atoms with Crippen molar-refractivity contribution >= 4 is 11.5 Å². The Morgan fingerprint density at radius 3 is 2.80 bits per heavy atom. The van der Waals surface area contributed by atoms with Gasteiger partial charge < -0.3 is 10.2 Å². The van der Waals surface area contributed by atoms with Crippen molar-refractivity contribution in [2.24, 2.45) is 0 Å². The van der Waals surface area contributed by atoms with Crippen molar-refractivity contribution in [3.05, 3.63) is 47.9 Å². The van der Waals surface area contributed by atoms with Crippen molar-refractivity contribution in [2.75, 3.05) is 11.9 Å². The lowest BCUT2D eigenvalue weighted by atomic mass is 10.2. The second-order valence-electron chi connectivity index (χ2n) is 5.37. The highest BCUT2D eigenvalue weighted by Gasteiger charge is 2.20. The zero-order valence-corrected chi connectivity index (χ0v) is 12.0. The van der Waals surface area contributed by atoms with E-state index in [0.29, 0.717) is 6.04 Å². The largest absolute Gasteiger partial charge is 0.328 e. The van der Waals surface area contributed by atoms with Gasteiger partial charge in [0, 0.05) is 31.5 Å². The molecule has 1 fully saturated rings. The molecule has 0 radical (unpaired) electrons. The maximum atomic E-state index is 4.69. The van der Waals surface area contributed by atoms with Gasteiger partial charge in [-0.25, -0.2) is 4.98 Å². The summed E-state index contributed by atoms with van der Waals surface area (Å²) in [4.78, 5) is 11.1. The van der Waals surface area contributed by atoms with Crippen LogP contribution in [0.5, 0.6) is 0 Å². The Balaban J connectivity index is 1.78. The first-order chi connectivity index (χ1) is 9.74. The standard InChI is InChI=1S/C16H20N4/c1-12-5-3-4-6-15(12)20(2)16-11-17-9-14(19-16)10-18-13-7-8-13/h3-6,9,11,13,18H,7-8,10H2,1-2H3. The van der Waals surface area contributed by atoms with E-state index < -0.39 is 0 Å². The topological polar surface area (TPSA) is 41.1 Å². The third kappa shape index (κ3) is 2.96. The number of para-hydroxylation sites is 1. The van der Waals surface area contributed by atoms with Crippen molar-refractivity contribution in [1.29, 1.82) is 0 Å². The fourth-order valence-electron chi connectivity index (χ4n) is 2.24. The van der Waals surface area contributed by atoms with Gasteiger partial charge in [-0.05, 0) is 31.4 Å². The molecule has 1 heterocycles. The summed E-state index contributed by atoms with van der Waals surface area (Å²) in [6.45, 7) is 2.91. The van der Waals surface area contributed by atoms with Crippen LogP contribution < -0.4 is 10.2 Å². The summed E-state index contributed by atoms with van der Waals surface area (Å²) in [5.74, 6) is 0.884. The maximum absolute atomic E-state index is 4.69. The van der Waals surface area contributed by atoms with Crippen LogP contribution in [0.3, 0.4) is 0 Å². The Labute approximate surface area is 119 Å². The average molecular weight is 268 g/mol. The van der Waals surface area contributed by atoms with Crippen LogP contribution in [-0.4, -0.2) is 23.1 Å². The Bertz CT molecular complexity index is 593. The van der Waals surface area contributed by atoms with Gasteiger partial charge in [-0.2, -0.15) is 0 Å². The molecule has 1 aliphatic carbocycles. The van der Waals surface area contributed by atoms with Crippen LogP contribution >= 0.6 is 0 Å². The van der Waals surface area contributed by atoms with Crippen molar-refractivity contribution in [1.82, 2.24) is 15.3 Å². The van der Waals surface area contributed by atoms with Gasteiger partial charge in [-0.3, -0.25) is 4.98 Å². The molecule has 0 spiro atoms. The molecule has 2 aromatic rings. The molecule has 1 aliphatic rings. The van der Waals surface area contributed by atoms with E-state index in [1.54, 1.807) is 0 Å². The lowest BCUT2D eigenvalue weighted by molar-refractivity contribution is 0.671. The molecule has 0 bridgehead atoms. The Morgan fingerprint density at radius 1 is 1.25 bits per heavy atom. The van der Waals surface area contributed by atoms with Crippen LogP contribution in [0.1, 0.15) is 24.1 Å². The van der Waals surface area contributed by atoms with Crippen LogP contribution in [0.15, 0.2) is 36.7 Å². The number of hydrogen-bond donors (Lipinski definition) is 1. The number of nitrogens with zero attached hydrogens (tertiary/aromatic N) is 3. The quantitative estimate of drug-likeness (QED) is 0.905. The third-order valence-electron chi connectivity index (χ3n) is 3.64. The van der Waals surface area contributed by atoms with Gasteiger partial charge in [-0.1, -0.05) is 18.2 Å². The summed E-state index contributed by atoms with van der Waals surface area (Å²) >= 11 is 0. The molecule has 0 atom stereocenters. The highest BCUT2D eigenvalue weighted by molar-refractivity contribution is 5.62. The number of hydrogen-bond acceptors (Lipinski definition) is 4. The Morgan fingerprint density at radius 2 is 2.05 bits per heavy atom. The van der Waals surface area contributed by atoms with Crippen LogP contribution in [0, 0.1) is 6.92 Å². The summed E-state index contributed by atoms with van der Waals surface area (Å²) < 4.78 is 0. The van der Waals surface area contributed by atoms with Crippen molar-refractivity contribution in [3.8, 4) is 0 Å². The molecule has 0 unspecified atom stereocenters. The molecule has 4 heteroatoms. The summed E-state index contributed by atoms with van der Waals surface area (Å²) in [5, 5.41) is 3.47. The van der Waals surface area contributed by atoms with E-state index in [9.17, 15) is 0 Å². The van der Waals surface area contributed by atoms with Crippen LogP contribution in [0.4, 0.5) is 11.5 Å². The molecular weight excluding hydrogens is 248 g/mol. The van der Waals surface area contributed by atoms with Crippen LogP contribution in [0.25, 0.3) is 0 Å². The number of aryl methyl sites for hydroxylation is 1. The molecule has 20 heavy (non-hydrogen) atoms. The van der Waals surface area contributed by atoms with Crippen LogP contribution in [-0.2, 0) is 6.54 Å². The molecule has 1 N–H and O–H groups in total. The molecular formula is C16H20N4. The monoisotopic (exact) mass is 268 g/mol. The predicted octanol–water partition coefficient (Wildman–Crippen LogP) is 2.80. The van der Waals surface area contributed by atoms with E-state index >= 15 is 0 Å². The lowest BCUT2D eigenvalue weighted by Crippen LogP contribution is -2.18. The molecule has 104 valence electrons. The minimum Gasteiger partial charge on any atom is -0.328 e. The van der Waals surface area contributed by atoms with Gasteiger partial charge in [0.15, 0.2) is 5.82 Å². The van der Waals surface area contributed by atoms with E-state index in [1.165, 1.54) is 18.4 Å². The zero-order valence-electron chi connectivity index (χ0n) is 12.0.